The molecule has 0 amide bonds. The standard InChI is InChI=1S/C15H16N2O2/c1-2-17(11-13-7-3-4-9-16-13)14-8-5-6-12(10-14)15(18)19/h3-10H,2,11H2,1H3,(H,18,19). The van der Waals surface area contributed by atoms with Gasteiger partial charge >= 0.3 is 5.97 Å². The van der Waals surface area contributed by atoms with Crippen molar-refractivity contribution >= 4 is 11.7 Å². The fourth-order valence-electron chi connectivity index (χ4n) is 1.91. The smallest absolute Gasteiger partial charge is 0.335 e. The van der Waals surface area contributed by atoms with Gasteiger partial charge in [-0.25, -0.2) is 4.79 Å². The highest BCUT2D eigenvalue weighted by molar-refractivity contribution is 5.88. The molecule has 1 N–H and O–H groups in total. The third kappa shape index (κ3) is 3.31. The van der Waals surface area contributed by atoms with E-state index in [0.29, 0.717) is 12.1 Å². The first kappa shape index (κ1) is 13.1. The minimum absolute atomic E-state index is 0.303. The molecule has 0 aliphatic rings. The van der Waals surface area contributed by atoms with Crippen molar-refractivity contribution in [3.05, 3.63) is 59.9 Å². The van der Waals surface area contributed by atoms with Gasteiger partial charge in [-0.05, 0) is 37.3 Å². The van der Waals surface area contributed by atoms with Gasteiger partial charge in [-0.15, -0.1) is 0 Å². The van der Waals surface area contributed by atoms with Gasteiger partial charge in [-0.1, -0.05) is 12.1 Å². The molecule has 1 heterocycles. The Kier molecular flexibility index (Phi) is 4.13. The van der Waals surface area contributed by atoms with Crippen LogP contribution in [-0.2, 0) is 6.54 Å². The van der Waals surface area contributed by atoms with Gasteiger partial charge in [0, 0.05) is 18.4 Å². The normalized spacial score (nSPS) is 10.2. The zero-order chi connectivity index (χ0) is 13.7. The number of carboxylic acid groups (broad SMARTS) is 1. The van der Waals surface area contributed by atoms with Crippen LogP contribution in [0.1, 0.15) is 23.0 Å². The minimum Gasteiger partial charge on any atom is -0.478 e. The highest BCUT2D eigenvalue weighted by atomic mass is 16.4. The summed E-state index contributed by atoms with van der Waals surface area (Å²) in [4.78, 5) is 17.4. The monoisotopic (exact) mass is 256 g/mol. The second-order valence-corrected chi connectivity index (χ2v) is 4.19. The Morgan fingerprint density at radius 2 is 2.11 bits per heavy atom. The molecule has 0 fully saturated rings. The van der Waals surface area contributed by atoms with Crippen LogP contribution in [0.15, 0.2) is 48.7 Å². The Balaban J connectivity index is 2.22. The number of benzene rings is 1. The summed E-state index contributed by atoms with van der Waals surface area (Å²) in [5, 5.41) is 9.02. The first-order chi connectivity index (χ1) is 9.20. The molecule has 4 heteroatoms. The number of rotatable bonds is 5. The molecule has 2 aromatic rings. The molecule has 1 aromatic heterocycles. The molecule has 0 spiro atoms. The van der Waals surface area contributed by atoms with E-state index < -0.39 is 5.97 Å². The summed E-state index contributed by atoms with van der Waals surface area (Å²) in [5.41, 5.74) is 2.16. The van der Waals surface area contributed by atoms with Crippen molar-refractivity contribution in [1.82, 2.24) is 4.98 Å². The summed E-state index contributed by atoms with van der Waals surface area (Å²) in [5.74, 6) is -0.907. The number of carbonyl (C=O) groups is 1. The van der Waals surface area contributed by atoms with Gasteiger partial charge in [0.2, 0.25) is 0 Å². The predicted molar refractivity (Wildman–Crippen MR) is 74.4 cm³/mol. The van der Waals surface area contributed by atoms with Gasteiger partial charge in [-0.2, -0.15) is 0 Å². The number of pyridine rings is 1. The molecule has 98 valence electrons. The van der Waals surface area contributed by atoms with E-state index in [9.17, 15) is 4.79 Å². The fourth-order valence-corrected chi connectivity index (χ4v) is 1.91. The van der Waals surface area contributed by atoms with Crippen molar-refractivity contribution in [2.45, 2.75) is 13.5 Å². The third-order valence-electron chi connectivity index (χ3n) is 2.92. The van der Waals surface area contributed by atoms with Gasteiger partial charge < -0.3 is 10.0 Å². The van der Waals surface area contributed by atoms with Crippen molar-refractivity contribution in [2.75, 3.05) is 11.4 Å². The number of hydrogen-bond acceptors (Lipinski definition) is 3. The van der Waals surface area contributed by atoms with Crippen molar-refractivity contribution in [1.29, 1.82) is 0 Å². The van der Waals surface area contributed by atoms with Crippen LogP contribution in [0.2, 0.25) is 0 Å². The lowest BCUT2D eigenvalue weighted by Crippen LogP contribution is -2.22. The van der Waals surface area contributed by atoms with E-state index >= 15 is 0 Å². The van der Waals surface area contributed by atoms with Crippen LogP contribution < -0.4 is 4.90 Å². The van der Waals surface area contributed by atoms with E-state index in [-0.39, 0.29) is 0 Å². The number of carboxylic acids is 1. The molecule has 0 saturated carbocycles. The SMILES string of the molecule is CCN(Cc1ccccn1)c1cccc(C(=O)O)c1. The molecular formula is C15H16N2O2. The molecule has 0 atom stereocenters. The van der Waals surface area contributed by atoms with E-state index in [1.807, 2.05) is 31.2 Å². The molecule has 0 saturated heterocycles. The Hall–Kier alpha value is -2.36. The van der Waals surface area contributed by atoms with Crippen LogP contribution in [0.3, 0.4) is 0 Å². The van der Waals surface area contributed by atoms with Crippen molar-refractivity contribution in [2.24, 2.45) is 0 Å². The summed E-state index contributed by atoms with van der Waals surface area (Å²) in [7, 11) is 0. The van der Waals surface area contributed by atoms with Gasteiger partial charge in [0.1, 0.15) is 0 Å². The summed E-state index contributed by atoms with van der Waals surface area (Å²) < 4.78 is 0. The van der Waals surface area contributed by atoms with E-state index in [0.717, 1.165) is 17.9 Å². The zero-order valence-electron chi connectivity index (χ0n) is 10.8. The van der Waals surface area contributed by atoms with Crippen LogP contribution >= 0.6 is 0 Å². The highest BCUT2D eigenvalue weighted by Gasteiger charge is 2.09. The van der Waals surface area contributed by atoms with Gasteiger partial charge in [0.25, 0.3) is 0 Å². The maximum atomic E-state index is 11.0. The van der Waals surface area contributed by atoms with Crippen LogP contribution in [0.25, 0.3) is 0 Å². The lowest BCUT2D eigenvalue weighted by molar-refractivity contribution is 0.0697. The largest absolute Gasteiger partial charge is 0.478 e. The molecule has 0 aliphatic carbocycles. The molecule has 2 rings (SSSR count). The number of aromatic carboxylic acids is 1. The van der Waals surface area contributed by atoms with Crippen LogP contribution in [-0.4, -0.2) is 22.6 Å². The number of hydrogen-bond donors (Lipinski definition) is 1. The number of anilines is 1. The molecule has 19 heavy (non-hydrogen) atoms. The van der Waals surface area contributed by atoms with Gasteiger partial charge in [0.15, 0.2) is 0 Å². The van der Waals surface area contributed by atoms with Crippen molar-refractivity contribution in [3.8, 4) is 0 Å². The maximum Gasteiger partial charge on any atom is 0.335 e. The van der Waals surface area contributed by atoms with E-state index in [2.05, 4.69) is 9.88 Å². The molecule has 1 aromatic carbocycles. The summed E-state index contributed by atoms with van der Waals surface area (Å²) >= 11 is 0. The Morgan fingerprint density at radius 1 is 1.26 bits per heavy atom. The molecule has 0 bridgehead atoms. The van der Waals surface area contributed by atoms with E-state index in [1.165, 1.54) is 0 Å². The first-order valence-electron chi connectivity index (χ1n) is 6.19. The summed E-state index contributed by atoms with van der Waals surface area (Å²) in [6, 6.07) is 12.8. The van der Waals surface area contributed by atoms with Gasteiger partial charge in [-0.3, -0.25) is 4.98 Å². The predicted octanol–water partition coefficient (Wildman–Crippen LogP) is 2.81. The van der Waals surface area contributed by atoms with Crippen LogP contribution in [0.4, 0.5) is 5.69 Å². The van der Waals surface area contributed by atoms with E-state index in [4.69, 9.17) is 5.11 Å². The van der Waals surface area contributed by atoms with Crippen LogP contribution in [0, 0.1) is 0 Å². The maximum absolute atomic E-state index is 11.0. The molecule has 0 aliphatic heterocycles. The Bertz CT molecular complexity index is 555. The molecular weight excluding hydrogens is 240 g/mol. The lowest BCUT2D eigenvalue weighted by Gasteiger charge is -2.23. The Labute approximate surface area is 112 Å². The average Bonchev–Trinajstić information content (AvgIpc) is 2.46. The third-order valence-corrected chi connectivity index (χ3v) is 2.92. The highest BCUT2D eigenvalue weighted by Crippen LogP contribution is 2.18. The average molecular weight is 256 g/mol. The zero-order valence-corrected chi connectivity index (χ0v) is 10.8. The summed E-state index contributed by atoms with van der Waals surface area (Å²) in [6.07, 6.45) is 1.76. The quantitative estimate of drug-likeness (QED) is 0.893. The van der Waals surface area contributed by atoms with Crippen molar-refractivity contribution < 1.29 is 9.90 Å². The lowest BCUT2D eigenvalue weighted by atomic mass is 10.2. The first-order valence-corrected chi connectivity index (χ1v) is 6.19. The van der Waals surface area contributed by atoms with Gasteiger partial charge in [0.05, 0.1) is 17.8 Å². The molecule has 0 unspecified atom stereocenters. The Morgan fingerprint density at radius 3 is 2.74 bits per heavy atom. The fraction of sp³-hybridized carbons (Fsp3) is 0.200. The molecule has 0 radical (unpaired) electrons. The van der Waals surface area contributed by atoms with E-state index in [1.54, 1.807) is 24.4 Å². The van der Waals surface area contributed by atoms with Crippen LogP contribution in [0.5, 0.6) is 0 Å². The topological polar surface area (TPSA) is 53.4 Å². The van der Waals surface area contributed by atoms with Crippen molar-refractivity contribution in [3.63, 3.8) is 0 Å². The summed E-state index contributed by atoms with van der Waals surface area (Å²) in [6.45, 7) is 3.50. The molecule has 4 nitrogen and oxygen atoms in total. The number of nitrogens with zero attached hydrogens (tertiary/aromatic N) is 2. The second-order valence-electron chi connectivity index (χ2n) is 4.19. The second kappa shape index (κ2) is 6.00. The minimum atomic E-state index is -0.907. The number of aromatic nitrogens is 1.